The third-order valence-corrected chi connectivity index (χ3v) is 3.91. The highest BCUT2D eigenvalue weighted by molar-refractivity contribution is 5.85. The normalized spacial score (nSPS) is 10.8. The van der Waals surface area contributed by atoms with Gasteiger partial charge in [0.25, 0.3) is 0 Å². The fraction of sp³-hybridized carbons (Fsp3) is 0.150. The monoisotopic (exact) mass is 372 g/mol. The van der Waals surface area contributed by atoms with Gasteiger partial charge >= 0.3 is 6.61 Å². The first-order valence-corrected chi connectivity index (χ1v) is 8.06. The van der Waals surface area contributed by atoms with Crippen molar-refractivity contribution in [2.75, 3.05) is 0 Å². The second-order valence-corrected chi connectivity index (χ2v) is 5.74. The van der Waals surface area contributed by atoms with Gasteiger partial charge in [-0.2, -0.15) is 8.78 Å². The van der Waals surface area contributed by atoms with E-state index >= 15 is 0 Å². The number of hydrogen-bond donors (Lipinski definition) is 1. The van der Waals surface area contributed by atoms with Crippen LogP contribution in [0.3, 0.4) is 0 Å². The van der Waals surface area contributed by atoms with E-state index in [4.69, 9.17) is 14.6 Å². The quantitative estimate of drug-likeness (QED) is 0.500. The summed E-state index contributed by atoms with van der Waals surface area (Å²) in [6.07, 6.45) is 0. The van der Waals surface area contributed by atoms with E-state index in [1.54, 1.807) is 31.2 Å². The van der Waals surface area contributed by atoms with Crippen LogP contribution >= 0.6 is 0 Å². The Hall–Kier alpha value is -3.35. The van der Waals surface area contributed by atoms with Crippen LogP contribution < -0.4 is 14.6 Å². The Labute approximate surface area is 154 Å². The average Bonchev–Trinajstić information content (AvgIpc) is 3.02. The number of nitrogens with one attached hydrogen (secondary N) is 1. The molecule has 140 valence electrons. The first kappa shape index (κ1) is 18.4. The summed E-state index contributed by atoms with van der Waals surface area (Å²) in [5, 5.41) is 18.1. The molecule has 0 radical (unpaired) electrons. The van der Waals surface area contributed by atoms with Crippen molar-refractivity contribution in [3.63, 3.8) is 0 Å². The summed E-state index contributed by atoms with van der Waals surface area (Å²) in [6.45, 7) is -0.932. The Morgan fingerprint density at radius 1 is 1.04 bits per heavy atom. The van der Waals surface area contributed by atoms with Crippen LogP contribution in [0.15, 0.2) is 59.0 Å². The van der Waals surface area contributed by atoms with Crippen molar-refractivity contribution in [2.45, 2.75) is 20.1 Å². The smallest absolute Gasteiger partial charge is 0.387 e. The van der Waals surface area contributed by atoms with Gasteiger partial charge in [0.2, 0.25) is 0 Å². The molecule has 3 rings (SSSR count). The van der Waals surface area contributed by atoms with Gasteiger partial charge in [0, 0.05) is 11.5 Å². The van der Waals surface area contributed by atoms with Crippen molar-refractivity contribution < 1.29 is 27.8 Å². The fourth-order valence-electron chi connectivity index (χ4n) is 2.51. The third kappa shape index (κ3) is 4.63. The van der Waals surface area contributed by atoms with Gasteiger partial charge in [0.1, 0.15) is 29.6 Å². The van der Waals surface area contributed by atoms with Crippen molar-refractivity contribution in [3.05, 3.63) is 71.7 Å². The van der Waals surface area contributed by atoms with Gasteiger partial charge in [-0.05, 0) is 48.4 Å². The van der Waals surface area contributed by atoms with Gasteiger partial charge in [-0.25, -0.2) is 0 Å². The van der Waals surface area contributed by atoms with Gasteiger partial charge in [-0.3, -0.25) is 0 Å². The number of furan rings is 1. The molecule has 0 atom stereocenters. The van der Waals surface area contributed by atoms with Crippen LogP contribution in [0.1, 0.15) is 17.1 Å². The van der Waals surface area contributed by atoms with E-state index in [1.165, 1.54) is 18.2 Å². The zero-order chi connectivity index (χ0) is 19.4. The van der Waals surface area contributed by atoms with Crippen molar-refractivity contribution in [1.82, 2.24) is 0 Å². The van der Waals surface area contributed by atoms with Crippen LogP contribution in [0.4, 0.5) is 8.78 Å². The summed E-state index contributed by atoms with van der Waals surface area (Å²) in [5.41, 5.74) is 2.45. The molecule has 0 spiro atoms. The predicted molar refractivity (Wildman–Crippen MR) is 93.1 cm³/mol. The van der Waals surface area contributed by atoms with Gasteiger partial charge in [-0.1, -0.05) is 24.3 Å². The maximum atomic E-state index is 12.2. The zero-order valence-corrected chi connectivity index (χ0v) is 14.4. The van der Waals surface area contributed by atoms with E-state index in [0.29, 0.717) is 17.1 Å². The van der Waals surface area contributed by atoms with Gasteiger partial charge in [0.15, 0.2) is 0 Å². The molecule has 0 aliphatic rings. The molecular formula is C20H16F2NO4-. The minimum absolute atomic E-state index is 0.0132. The van der Waals surface area contributed by atoms with Crippen LogP contribution in [0.2, 0.25) is 0 Å². The third-order valence-electron chi connectivity index (χ3n) is 3.91. The van der Waals surface area contributed by atoms with E-state index in [1.807, 2.05) is 12.1 Å². The molecule has 0 saturated carbocycles. The van der Waals surface area contributed by atoms with E-state index in [9.17, 15) is 13.9 Å². The van der Waals surface area contributed by atoms with Crippen molar-refractivity contribution in [1.29, 1.82) is 5.41 Å². The average molecular weight is 372 g/mol. The van der Waals surface area contributed by atoms with E-state index < -0.39 is 12.5 Å². The fourth-order valence-corrected chi connectivity index (χ4v) is 2.51. The lowest BCUT2D eigenvalue weighted by atomic mass is 10.1. The summed E-state index contributed by atoms with van der Waals surface area (Å²) in [6, 6.07) is 15.1. The molecule has 0 aliphatic heterocycles. The molecule has 0 bridgehead atoms. The molecule has 0 saturated heterocycles. The standard InChI is InChI=1S/C20H17F2NO4/c1-12-15(10-18(26-12)19(23)24)11-25-16-6-2-13(3-7-16)14-4-8-17(9-5-14)27-20(21)22/h2-10,20H,11H2,1H3,(H2,23,24)/p-1. The number of halogens is 2. The van der Waals surface area contributed by atoms with Crippen LogP contribution in [-0.4, -0.2) is 12.5 Å². The first-order valence-electron chi connectivity index (χ1n) is 8.06. The molecule has 2 aromatic carbocycles. The molecule has 0 unspecified atom stereocenters. The topological polar surface area (TPSA) is 78.5 Å². The van der Waals surface area contributed by atoms with Gasteiger partial charge in [0.05, 0.1) is 0 Å². The molecule has 5 nitrogen and oxygen atoms in total. The second-order valence-electron chi connectivity index (χ2n) is 5.74. The van der Waals surface area contributed by atoms with Crippen molar-refractivity contribution in [2.24, 2.45) is 0 Å². The minimum Gasteiger partial charge on any atom is -0.857 e. The molecule has 3 aromatic rings. The lowest BCUT2D eigenvalue weighted by Gasteiger charge is -2.08. The van der Waals surface area contributed by atoms with Crippen LogP contribution in [0.25, 0.3) is 11.1 Å². The molecule has 1 aromatic heterocycles. The highest BCUT2D eigenvalue weighted by Crippen LogP contribution is 2.26. The van der Waals surface area contributed by atoms with Crippen molar-refractivity contribution >= 4 is 5.90 Å². The largest absolute Gasteiger partial charge is 0.857 e. The molecule has 1 heterocycles. The molecular weight excluding hydrogens is 356 g/mol. The summed E-state index contributed by atoms with van der Waals surface area (Å²) >= 11 is 0. The second kappa shape index (κ2) is 7.90. The Kier molecular flexibility index (Phi) is 5.40. The molecule has 0 aliphatic carbocycles. The number of hydrogen-bond acceptors (Lipinski definition) is 5. The Bertz CT molecular complexity index is 918. The number of benzene rings is 2. The maximum absolute atomic E-state index is 12.2. The number of rotatable bonds is 7. The number of ether oxygens (including phenoxy) is 2. The molecule has 1 N–H and O–H groups in total. The van der Waals surface area contributed by atoms with Crippen LogP contribution in [0.5, 0.6) is 11.5 Å². The van der Waals surface area contributed by atoms with Gasteiger partial charge < -0.3 is 24.4 Å². The predicted octanol–water partition coefficient (Wildman–Crippen LogP) is 4.12. The summed E-state index contributed by atoms with van der Waals surface area (Å²) in [7, 11) is 0. The number of alkyl halides is 2. The molecule has 0 fully saturated rings. The summed E-state index contributed by atoms with van der Waals surface area (Å²) in [5.74, 6) is 0.373. The van der Waals surface area contributed by atoms with Gasteiger partial charge in [-0.15, -0.1) is 0 Å². The SMILES string of the molecule is Cc1oc(C(=N)[O-])cc1COc1ccc(-c2ccc(OC(F)F)cc2)cc1. The molecule has 27 heavy (non-hydrogen) atoms. The van der Waals surface area contributed by atoms with Crippen molar-refractivity contribution in [3.8, 4) is 22.6 Å². The lowest BCUT2D eigenvalue weighted by molar-refractivity contribution is -0.216. The van der Waals surface area contributed by atoms with Crippen LogP contribution in [-0.2, 0) is 6.61 Å². The summed E-state index contributed by atoms with van der Waals surface area (Å²) in [4.78, 5) is 0. The zero-order valence-electron chi connectivity index (χ0n) is 14.4. The van der Waals surface area contributed by atoms with E-state index in [-0.39, 0.29) is 18.1 Å². The maximum Gasteiger partial charge on any atom is 0.387 e. The van der Waals surface area contributed by atoms with E-state index in [2.05, 4.69) is 4.74 Å². The summed E-state index contributed by atoms with van der Waals surface area (Å²) < 4.78 is 39.6. The number of aryl methyl sites for hydroxylation is 1. The molecule has 7 heteroatoms. The lowest BCUT2D eigenvalue weighted by Crippen LogP contribution is -2.15. The molecule has 0 amide bonds. The Morgan fingerprint density at radius 3 is 2.07 bits per heavy atom. The first-order chi connectivity index (χ1) is 12.9. The Morgan fingerprint density at radius 2 is 1.59 bits per heavy atom. The highest BCUT2D eigenvalue weighted by atomic mass is 19.3. The minimum atomic E-state index is -2.85. The van der Waals surface area contributed by atoms with E-state index in [0.717, 1.165) is 11.1 Å². The highest BCUT2D eigenvalue weighted by Gasteiger charge is 2.08. The Balaban J connectivity index is 1.64. The van der Waals surface area contributed by atoms with Crippen LogP contribution in [0, 0.1) is 12.3 Å².